The summed E-state index contributed by atoms with van der Waals surface area (Å²) < 4.78 is 15.1. The van der Waals surface area contributed by atoms with Crippen LogP contribution in [0.2, 0.25) is 5.02 Å². The minimum Gasteiger partial charge on any atom is -0.493 e. The number of benzene rings is 1. The standard InChI is InChI=1S/C17H21ClN2O6/c1-4-19-14(21)9-20-15(22)10-26-16(23)6-5-11-7-12(18)17(25-3)13(8-11)24-2/h5-8H,4,9-10H2,1-3H3,(H,19,21)(H,20,22)/b6-5+. The van der Waals surface area contributed by atoms with Crippen LogP contribution in [0.3, 0.4) is 0 Å². The fraction of sp³-hybridized carbons (Fsp3) is 0.353. The molecule has 142 valence electrons. The van der Waals surface area contributed by atoms with Crippen molar-refractivity contribution in [1.29, 1.82) is 0 Å². The molecule has 0 aliphatic heterocycles. The van der Waals surface area contributed by atoms with Gasteiger partial charge in [0.15, 0.2) is 18.1 Å². The molecule has 1 rings (SSSR count). The molecule has 0 aliphatic rings. The SMILES string of the molecule is CCNC(=O)CNC(=O)COC(=O)/C=C/c1cc(Cl)c(OC)c(OC)c1. The number of carbonyl (C=O) groups excluding carboxylic acids is 3. The van der Waals surface area contributed by atoms with Gasteiger partial charge < -0.3 is 24.8 Å². The lowest BCUT2D eigenvalue weighted by Crippen LogP contribution is -2.38. The average molecular weight is 385 g/mol. The zero-order valence-corrected chi connectivity index (χ0v) is 15.5. The van der Waals surface area contributed by atoms with Crippen LogP contribution in [-0.2, 0) is 19.1 Å². The zero-order chi connectivity index (χ0) is 19.5. The summed E-state index contributed by atoms with van der Waals surface area (Å²) in [7, 11) is 2.93. The molecule has 0 aliphatic carbocycles. The highest BCUT2D eigenvalue weighted by Crippen LogP contribution is 2.36. The number of nitrogens with one attached hydrogen (secondary N) is 2. The first-order valence-electron chi connectivity index (χ1n) is 7.71. The van der Waals surface area contributed by atoms with E-state index in [1.165, 1.54) is 20.3 Å². The van der Waals surface area contributed by atoms with Gasteiger partial charge in [-0.25, -0.2) is 4.79 Å². The average Bonchev–Trinajstić information content (AvgIpc) is 2.62. The minimum absolute atomic E-state index is 0.176. The van der Waals surface area contributed by atoms with E-state index >= 15 is 0 Å². The van der Waals surface area contributed by atoms with E-state index in [2.05, 4.69) is 10.6 Å². The number of amides is 2. The summed E-state index contributed by atoms with van der Waals surface area (Å²) in [5, 5.41) is 5.18. The van der Waals surface area contributed by atoms with E-state index < -0.39 is 18.5 Å². The maximum atomic E-state index is 11.7. The first-order chi connectivity index (χ1) is 12.4. The van der Waals surface area contributed by atoms with Gasteiger partial charge in [0, 0.05) is 12.6 Å². The molecule has 26 heavy (non-hydrogen) atoms. The molecule has 0 fully saturated rings. The van der Waals surface area contributed by atoms with E-state index in [1.54, 1.807) is 19.1 Å². The Balaban J connectivity index is 2.54. The first kappa shape index (κ1) is 21.3. The Kier molecular flexibility index (Phi) is 9.00. The van der Waals surface area contributed by atoms with Gasteiger partial charge in [0.1, 0.15) is 0 Å². The van der Waals surface area contributed by atoms with Gasteiger partial charge in [-0.05, 0) is 30.7 Å². The van der Waals surface area contributed by atoms with Gasteiger partial charge in [0.2, 0.25) is 5.91 Å². The molecule has 8 nitrogen and oxygen atoms in total. The van der Waals surface area contributed by atoms with E-state index in [9.17, 15) is 14.4 Å². The number of hydrogen-bond acceptors (Lipinski definition) is 6. The molecule has 2 N–H and O–H groups in total. The van der Waals surface area contributed by atoms with Gasteiger partial charge in [0.25, 0.3) is 5.91 Å². The van der Waals surface area contributed by atoms with Crippen molar-refractivity contribution in [3.8, 4) is 11.5 Å². The topological polar surface area (TPSA) is 103 Å². The second-order valence-corrected chi connectivity index (χ2v) is 5.32. The molecule has 0 bridgehead atoms. The lowest BCUT2D eigenvalue weighted by atomic mass is 10.2. The normalized spacial score (nSPS) is 10.3. The van der Waals surface area contributed by atoms with E-state index in [1.807, 2.05) is 0 Å². The molecule has 0 spiro atoms. The second kappa shape index (κ2) is 11.0. The number of esters is 1. The van der Waals surface area contributed by atoms with Crippen LogP contribution in [-0.4, -0.2) is 51.7 Å². The summed E-state index contributed by atoms with van der Waals surface area (Å²) in [6, 6.07) is 3.22. The number of methoxy groups -OCH3 is 2. The number of rotatable bonds is 9. The lowest BCUT2D eigenvalue weighted by Gasteiger charge is -2.10. The molecule has 0 heterocycles. The van der Waals surface area contributed by atoms with Crippen molar-refractivity contribution in [2.24, 2.45) is 0 Å². The van der Waals surface area contributed by atoms with Gasteiger partial charge in [-0.2, -0.15) is 0 Å². The molecule has 0 aromatic heterocycles. The number of ether oxygens (including phenoxy) is 3. The maximum Gasteiger partial charge on any atom is 0.331 e. The van der Waals surface area contributed by atoms with E-state index in [4.69, 9.17) is 25.8 Å². The quantitative estimate of drug-likeness (QED) is 0.489. The fourth-order valence-corrected chi connectivity index (χ4v) is 2.17. The summed E-state index contributed by atoms with van der Waals surface area (Å²) in [5.74, 6) is -0.816. The predicted octanol–water partition coefficient (Wildman–Crippen LogP) is 1.17. The van der Waals surface area contributed by atoms with Crippen LogP contribution in [0.1, 0.15) is 12.5 Å². The first-order valence-corrected chi connectivity index (χ1v) is 8.08. The van der Waals surface area contributed by atoms with Crippen molar-refractivity contribution >= 4 is 35.5 Å². The Morgan fingerprint density at radius 1 is 1.12 bits per heavy atom. The third-order valence-electron chi connectivity index (χ3n) is 3.03. The minimum atomic E-state index is -0.718. The summed E-state index contributed by atoms with van der Waals surface area (Å²) in [6.07, 6.45) is 2.61. The maximum absolute atomic E-state index is 11.7. The Labute approximate surface area is 156 Å². The van der Waals surface area contributed by atoms with Crippen LogP contribution in [0.15, 0.2) is 18.2 Å². The van der Waals surface area contributed by atoms with E-state index in [0.717, 1.165) is 6.08 Å². The number of likely N-dealkylation sites (N-methyl/N-ethyl adjacent to an activating group) is 1. The van der Waals surface area contributed by atoms with Crippen LogP contribution in [0.5, 0.6) is 11.5 Å². The molecule has 0 unspecified atom stereocenters. The van der Waals surface area contributed by atoms with E-state index in [-0.39, 0.29) is 12.5 Å². The zero-order valence-electron chi connectivity index (χ0n) is 14.8. The Bertz CT molecular complexity index is 690. The molecular weight excluding hydrogens is 364 g/mol. The van der Waals surface area contributed by atoms with Gasteiger partial charge in [-0.3, -0.25) is 9.59 Å². The van der Waals surface area contributed by atoms with Crippen LogP contribution in [0.4, 0.5) is 0 Å². The van der Waals surface area contributed by atoms with Crippen molar-refractivity contribution in [1.82, 2.24) is 10.6 Å². The molecule has 1 aromatic rings. The molecular formula is C17H21ClN2O6. The van der Waals surface area contributed by atoms with Crippen molar-refractivity contribution in [2.75, 3.05) is 33.9 Å². The summed E-state index contributed by atoms with van der Waals surface area (Å²) in [4.78, 5) is 34.4. The monoisotopic (exact) mass is 384 g/mol. The highest BCUT2D eigenvalue weighted by Gasteiger charge is 2.10. The molecule has 2 amide bonds. The largest absolute Gasteiger partial charge is 0.493 e. The number of hydrogen-bond donors (Lipinski definition) is 2. The van der Waals surface area contributed by atoms with Gasteiger partial charge in [-0.15, -0.1) is 0 Å². The summed E-state index contributed by atoms with van der Waals surface area (Å²) in [5.41, 5.74) is 0.588. The highest BCUT2D eigenvalue weighted by molar-refractivity contribution is 6.32. The van der Waals surface area contributed by atoms with Crippen molar-refractivity contribution in [2.45, 2.75) is 6.92 Å². The third kappa shape index (κ3) is 7.02. The Morgan fingerprint density at radius 2 is 1.85 bits per heavy atom. The molecule has 0 radical (unpaired) electrons. The van der Waals surface area contributed by atoms with Gasteiger partial charge in [-0.1, -0.05) is 11.6 Å². The number of carbonyl (C=O) groups is 3. The Morgan fingerprint density at radius 3 is 2.46 bits per heavy atom. The molecule has 9 heteroatoms. The van der Waals surface area contributed by atoms with Gasteiger partial charge >= 0.3 is 5.97 Å². The van der Waals surface area contributed by atoms with Crippen LogP contribution in [0, 0.1) is 0 Å². The molecule has 0 atom stereocenters. The van der Waals surface area contributed by atoms with Crippen molar-refractivity contribution < 1.29 is 28.6 Å². The van der Waals surface area contributed by atoms with Crippen molar-refractivity contribution in [3.05, 3.63) is 28.8 Å². The van der Waals surface area contributed by atoms with Gasteiger partial charge in [0.05, 0.1) is 25.8 Å². The number of halogens is 1. The van der Waals surface area contributed by atoms with Crippen LogP contribution >= 0.6 is 11.6 Å². The van der Waals surface area contributed by atoms with Crippen molar-refractivity contribution in [3.63, 3.8) is 0 Å². The fourth-order valence-electron chi connectivity index (χ4n) is 1.87. The van der Waals surface area contributed by atoms with Crippen LogP contribution < -0.4 is 20.1 Å². The smallest absolute Gasteiger partial charge is 0.331 e. The second-order valence-electron chi connectivity index (χ2n) is 4.91. The molecule has 0 saturated carbocycles. The third-order valence-corrected chi connectivity index (χ3v) is 3.31. The summed E-state index contributed by atoms with van der Waals surface area (Å²) in [6.45, 7) is 1.56. The molecule has 1 aromatic carbocycles. The highest BCUT2D eigenvalue weighted by atomic mass is 35.5. The van der Waals surface area contributed by atoms with Crippen LogP contribution in [0.25, 0.3) is 6.08 Å². The summed E-state index contributed by atoms with van der Waals surface area (Å²) >= 11 is 6.07. The Hall–Kier alpha value is -2.74. The lowest BCUT2D eigenvalue weighted by molar-refractivity contribution is -0.143. The van der Waals surface area contributed by atoms with E-state index in [0.29, 0.717) is 28.6 Å². The predicted molar refractivity (Wildman–Crippen MR) is 96.2 cm³/mol. The molecule has 0 saturated heterocycles.